The first-order chi connectivity index (χ1) is 16.4. The SMILES string of the molecule is C=CCN1C(=O)NC(=O)/C(=C/c2cc(Br)c(OCc3cccc4ccccc34)c(OC)c2)C1=O. The van der Waals surface area contributed by atoms with Crippen molar-refractivity contribution in [2.45, 2.75) is 6.61 Å². The Hall–Kier alpha value is -3.91. The van der Waals surface area contributed by atoms with Gasteiger partial charge in [0.2, 0.25) is 0 Å². The summed E-state index contributed by atoms with van der Waals surface area (Å²) < 4.78 is 12.2. The van der Waals surface area contributed by atoms with Crippen LogP contribution in [0.3, 0.4) is 0 Å². The second kappa shape index (κ2) is 9.93. The summed E-state index contributed by atoms with van der Waals surface area (Å²) >= 11 is 3.51. The van der Waals surface area contributed by atoms with E-state index in [1.807, 2.05) is 42.5 Å². The van der Waals surface area contributed by atoms with Crippen molar-refractivity contribution in [3.8, 4) is 11.5 Å². The fourth-order valence-electron chi connectivity index (χ4n) is 3.69. The Kier molecular flexibility index (Phi) is 6.79. The number of barbiturate groups is 1. The zero-order valence-electron chi connectivity index (χ0n) is 18.3. The van der Waals surface area contributed by atoms with E-state index >= 15 is 0 Å². The van der Waals surface area contributed by atoms with Crippen LogP contribution in [-0.4, -0.2) is 36.4 Å². The van der Waals surface area contributed by atoms with Crippen molar-refractivity contribution >= 4 is 50.6 Å². The van der Waals surface area contributed by atoms with Gasteiger partial charge >= 0.3 is 6.03 Å². The molecule has 1 saturated heterocycles. The molecule has 3 aromatic carbocycles. The lowest BCUT2D eigenvalue weighted by Crippen LogP contribution is -2.54. The van der Waals surface area contributed by atoms with Gasteiger partial charge in [0.05, 0.1) is 11.6 Å². The predicted molar refractivity (Wildman–Crippen MR) is 132 cm³/mol. The molecule has 7 nitrogen and oxygen atoms in total. The largest absolute Gasteiger partial charge is 0.493 e. The van der Waals surface area contributed by atoms with E-state index in [-0.39, 0.29) is 12.1 Å². The van der Waals surface area contributed by atoms with Gasteiger partial charge < -0.3 is 9.47 Å². The summed E-state index contributed by atoms with van der Waals surface area (Å²) in [7, 11) is 1.51. The molecule has 4 amide bonds. The van der Waals surface area contributed by atoms with Crippen LogP contribution in [0.5, 0.6) is 11.5 Å². The van der Waals surface area contributed by atoms with Crippen molar-refractivity contribution in [2.24, 2.45) is 0 Å². The normalized spacial score (nSPS) is 14.9. The molecule has 0 saturated carbocycles. The van der Waals surface area contributed by atoms with Crippen LogP contribution >= 0.6 is 15.9 Å². The molecule has 8 heteroatoms. The Morgan fingerprint density at radius 1 is 1.09 bits per heavy atom. The minimum atomic E-state index is -0.775. The minimum absolute atomic E-state index is 0.0107. The molecule has 0 radical (unpaired) electrons. The van der Waals surface area contributed by atoms with Crippen molar-refractivity contribution < 1.29 is 23.9 Å². The number of hydrogen-bond acceptors (Lipinski definition) is 5. The van der Waals surface area contributed by atoms with Gasteiger partial charge in [-0.15, -0.1) is 6.58 Å². The lowest BCUT2D eigenvalue weighted by Gasteiger charge is -2.25. The Labute approximate surface area is 204 Å². The van der Waals surface area contributed by atoms with Gasteiger partial charge in [0.15, 0.2) is 11.5 Å². The van der Waals surface area contributed by atoms with Crippen molar-refractivity contribution in [1.29, 1.82) is 0 Å². The molecule has 0 aliphatic carbocycles. The number of imide groups is 2. The van der Waals surface area contributed by atoms with E-state index < -0.39 is 17.8 Å². The predicted octanol–water partition coefficient (Wildman–Crippen LogP) is 4.84. The number of carbonyl (C=O) groups excluding carboxylic acids is 3. The number of amides is 4. The molecule has 172 valence electrons. The maximum atomic E-state index is 12.7. The van der Waals surface area contributed by atoms with Crippen molar-refractivity contribution in [2.75, 3.05) is 13.7 Å². The summed E-state index contributed by atoms with van der Waals surface area (Å²) in [5.41, 5.74) is 1.38. The molecule has 0 atom stereocenters. The minimum Gasteiger partial charge on any atom is -0.493 e. The zero-order valence-corrected chi connectivity index (χ0v) is 19.9. The number of nitrogens with one attached hydrogen (secondary N) is 1. The first-order valence-corrected chi connectivity index (χ1v) is 11.2. The van der Waals surface area contributed by atoms with Crippen LogP contribution in [0, 0.1) is 0 Å². The number of hydrogen-bond donors (Lipinski definition) is 1. The van der Waals surface area contributed by atoms with Gasteiger partial charge in [-0.1, -0.05) is 48.5 Å². The van der Waals surface area contributed by atoms with E-state index in [1.54, 1.807) is 12.1 Å². The van der Waals surface area contributed by atoms with Crippen molar-refractivity contribution in [3.05, 3.63) is 88.4 Å². The number of benzene rings is 3. The third-order valence-electron chi connectivity index (χ3n) is 5.31. The van der Waals surface area contributed by atoms with Crippen LogP contribution in [0.4, 0.5) is 4.79 Å². The second-order valence-corrected chi connectivity index (χ2v) is 8.34. The van der Waals surface area contributed by atoms with E-state index in [9.17, 15) is 14.4 Å². The molecule has 4 rings (SSSR count). The van der Waals surface area contributed by atoms with Gasteiger partial charge in [0.25, 0.3) is 11.8 Å². The summed E-state index contributed by atoms with van der Waals surface area (Å²) in [6.45, 7) is 3.84. The standard InChI is InChI=1S/C26H21BrN2O5/c1-3-11-29-25(31)20(24(30)28-26(29)32)12-16-13-21(27)23(22(14-16)33-2)34-15-18-9-6-8-17-7-4-5-10-19(17)18/h3-10,12-14H,1,11,15H2,2H3,(H,28,30,32)/b20-12-. The van der Waals surface area contributed by atoms with E-state index in [0.29, 0.717) is 28.1 Å². The van der Waals surface area contributed by atoms with Crippen molar-refractivity contribution in [1.82, 2.24) is 10.2 Å². The maximum absolute atomic E-state index is 12.7. The number of halogens is 1. The highest BCUT2D eigenvalue weighted by Gasteiger charge is 2.35. The monoisotopic (exact) mass is 520 g/mol. The number of methoxy groups -OCH3 is 1. The molecule has 0 spiro atoms. The van der Waals surface area contributed by atoms with Gasteiger partial charge in [0.1, 0.15) is 12.2 Å². The second-order valence-electron chi connectivity index (χ2n) is 7.48. The summed E-state index contributed by atoms with van der Waals surface area (Å²) in [5, 5.41) is 4.39. The third kappa shape index (κ3) is 4.58. The number of urea groups is 1. The average molecular weight is 521 g/mol. The highest BCUT2D eigenvalue weighted by Crippen LogP contribution is 2.38. The van der Waals surface area contributed by atoms with E-state index in [0.717, 1.165) is 21.2 Å². The number of nitrogens with zero attached hydrogens (tertiary/aromatic N) is 1. The van der Waals surface area contributed by atoms with Crippen LogP contribution in [-0.2, 0) is 16.2 Å². The van der Waals surface area contributed by atoms with Gasteiger partial charge in [0, 0.05) is 6.54 Å². The van der Waals surface area contributed by atoms with Crippen LogP contribution < -0.4 is 14.8 Å². The fraction of sp³-hybridized carbons (Fsp3) is 0.115. The highest BCUT2D eigenvalue weighted by molar-refractivity contribution is 9.10. The Morgan fingerprint density at radius 2 is 1.85 bits per heavy atom. The number of ether oxygens (including phenoxy) is 2. The Bertz CT molecular complexity index is 1340. The molecule has 0 aromatic heterocycles. The average Bonchev–Trinajstić information content (AvgIpc) is 2.83. The molecule has 0 unspecified atom stereocenters. The van der Waals surface area contributed by atoms with Crippen molar-refractivity contribution in [3.63, 3.8) is 0 Å². The van der Waals surface area contributed by atoms with E-state index in [1.165, 1.54) is 19.3 Å². The van der Waals surface area contributed by atoms with Gasteiger partial charge in [-0.2, -0.15) is 0 Å². The topological polar surface area (TPSA) is 84.9 Å². The van der Waals surface area contributed by atoms with Crippen LogP contribution in [0.15, 0.2) is 77.3 Å². The smallest absolute Gasteiger partial charge is 0.331 e. The number of carbonyl (C=O) groups is 3. The summed E-state index contributed by atoms with van der Waals surface area (Å²) in [6, 6.07) is 16.7. The third-order valence-corrected chi connectivity index (χ3v) is 5.90. The van der Waals surface area contributed by atoms with E-state index in [2.05, 4.69) is 27.8 Å². The summed E-state index contributed by atoms with van der Waals surface area (Å²) in [4.78, 5) is 37.8. The molecule has 1 fully saturated rings. The molecular formula is C26H21BrN2O5. The number of rotatable bonds is 7. The molecule has 1 N–H and O–H groups in total. The van der Waals surface area contributed by atoms with Crippen LogP contribution in [0.1, 0.15) is 11.1 Å². The molecular weight excluding hydrogens is 500 g/mol. The Morgan fingerprint density at radius 3 is 2.62 bits per heavy atom. The van der Waals surface area contributed by atoms with Gasteiger partial charge in [-0.3, -0.25) is 19.8 Å². The summed E-state index contributed by atoms with van der Waals surface area (Å²) in [6.07, 6.45) is 2.81. The molecule has 34 heavy (non-hydrogen) atoms. The van der Waals surface area contributed by atoms with Crippen LogP contribution in [0.2, 0.25) is 0 Å². The lowest BCUT2D eigenvalue weighted by atomic mass is 10.1. The summed E-state index contributed by atoms with van der Waals surface area (Å²) in [5.74, 6) is -0.550. The molecule has 3 aromatic rings. The first kappa shape index (κ1) is 23.3. The van der Waals surface area contributed by atoms with Gasteiger partial charge in [-0.05, 0) is 56.0 Å². The molecule has 0 bridgehead atoms. The number of fused-ring (bicyclic) bond motifs is 1. The highest BCUT2D eigenvalue weighted by atomic mass is 79.9. The molecule has 1 heterocycles. The van der Waals surface area contributed by atoms with E-state index in [4.69, 9.17) is 9.47 Å². The first-order valence-electron chi connectivity index (χ1n) is 10.4. The maximum Gasteiger partial charge on any atom is 0.331 e. The fourth-order valence-corrected chi connectivity index (χ4v) is 4.26. The lowest BCUT2D eigenvalue weighted by molar-refractivity contribution is -0.129. The Balaban J connectivity index is 1.63. The molecule has 1 aliphatic rings. The van der Waals surface area contributed by atoms with Crippen LogP contribution in [0.25, 0.3) is 16.8 Å². The molecule has 1 aliphatic heterocycles. The van der Waals surface area contributed by atoms with Gasteiger partial charge in [-0.25, -0.2) is 4.79 Å². The quantitative estimate of drug-likeness (QED) is 0.273. The zero-order chi connectivity index (χ0) is 24.2.